The fourth-order valence-electron chi connectivity index (χ4n) is 1.20. The summed E-state index contributed by atoms with van der Waals surface area (Å²) in [5.74, 6) is -2.89. The van der Waals surface area contributed by atoms with Gasteiger partial charge >= 0.3 is 11.9 Å². The smallest absolute Gasteiger partial charge is 0.326 e. The number of ether oxygens (including phenoxy) is 1. The van der Waals surface area contributed by atoms with E-state index < -0.39 is 36.2 Å². The molecule has 0 aliphatic heterocycles. The van der Waals surface area contributed by atoms with E-state index in [2.05, 4.69) is 10.1 Å². The molecule has 1 unspecified atom stereocenters. The van der Waals surface area contributed by atoms with E-state index in [9.17, 15) is 14.4 Å². The van der Waals surface area contributed by atoms with Crippen LogP contribution in [0.4, 0.5) is 0 Å². The van der Waals surface area contributed by atoms with Crippen LogP contribution in [-0.4, -0.2) is 42.6 Å². The van der Waals surface area contributed by atoms with E-state index in [1.165, 1.54) is 0 Å². The lowest BCUT2D eigenvalue weighted by Gasteiger charge is -2.17. The molecular formula is C10H18N2O5. The lowest BCUT2D eigenvalue weighted by molar-refractivity contribution is -0.149. The highest BCUT2D eigenvalue weighted by Crippen LogP contribution is 2.02. The molecule has 4 N–H and O–H groups in total. The monoisotopic (exact) mass is 246 g/mol. The van der Waals surface area contributed by atoms with Gasteiger partial charge in [-0.05, 0) is 6.42 Å². The third kappa shape index (κ3) is 5.30. The molecule has 0 spiro atoms. The average Bonchev–Trinajstić information content (AvgIpc) is 2.29. The fraction of sp³-hybridized carbons (Fsp3) is 0.700. The minimum Gasteiger partial charge on any atom is -0.480 e. The van der Waals surface area contributed by atoms with Crippen molar-refractivity contribution in [3.63, 3.8) is 0 Å². The van der Waals surface area contributed by atoms with Gasteiger partial charge in [-0.2, -0.15) is 0 Å². The van der Waals surface area contributed by atoms with Gasteiger partial charge in [-0.1, -0.05) is 6.92 Å². The van der Waals surface area contributed by atoms with Gasteiger partial charge in [0.25, 0.3) is 0 Å². The quantitative estimate of drug-likeness (QED) is 0.501. The second-order valence-corrected chi connectivity index (χ2v) is 3.52. The predicted octanol–water partition coefficient (Wildman–Crippen LogP) is -0.896. The van der Waals surface area contributed by atoms with Crippen LogP contribution in [-0.2, 0) is 19.1 Å². The lowest BCUT2D eigenvalue weighted by atomic mass is 10.1. The molecule has 0 aliphatic carbocycles. The maximum Gasteiger partial charge on any atom is 0.326 e. The summed E-state index contributed by atoms with van der Waals surface area (Å²) in [4.78, 5) is 33.4. The molecule has 0 radical (unpaired) electrons. The molecule has 0 rings (SSSR count). The summed E-state index contributed by atoms with van der Waals surface area (Å²) in [6.07, 6.45) is 0.103. The van der Waals surface area contributed by atoms with Gasteiger partial charge in [0, 0.05) is 12.5 Å². The Morgan fingerprint density at radius 1 is 1.41 bits per heavy atom. The molecule has 0 aromatic carbocycles. The van der Waals surface area contributed by atoms with Crippen LogP contribution in [0.25, 0.3) is 0 Å². The molecule has 1 amide bonds. The molecular weight excluding hydrogens is 228 g/mol. The van der Waals surface area contributed by atoms with Gasteiger partial charge in [0.2, 0.25) is 5.91 Å². The van der Waals surface area contributed by atoms with E-state index >= 15 is 0 Å². The third-order valence-electron chi connectivity index (χ3n) is 2.36. The van der Waals surface area contributed by atoms with E-state index in [-0.39, 0.29) is 6.54 Å². The van der Waals surface area contributed by atoms with Crippen LogP contribution < -0.4 is 11.1 Å². The zero-order valence-electron chi connectivity index (χ0n) is 9.93. The summed E-state index contributed by atoms with van der Waals surface area (Å²) in [6, 6.07) is -1.28. The SMILES string of the molecule is CCC(CN)C(=O)N[C@@H](CC(=O)OC)C(=O)O. The number of carboxylic acids is 1. The van der Waals surface area contributed by atoms with Crippen molar-refractivity contribution in [2.45, 2.75) is 25.8 Å². The van der Waals surface area contributed by atoms with Crippen LogP contribution in [0.2, 0.25) is 0 Å². The number of nitrogens with two attached hydrogens (primary N) is 1. The molecule has 7 nitrogen and oxygen atoms in total. The van der Waals surface area contributed by atoms with Crippen LogP contribution >= 0.6 is 0 Å². The van der Waals surface area contributed by atoms with E-state index in [1.54, 1.807) is 6.92 Å². The number of hydrogen-bond donors (Lipinski definition) is 3. The first-order valence-electron chi connectivity index (χ1n) is 5.26. The second-order valence-electron chi connectivity index (χ2n) is 3.52. The van der Waals surface area contributed by atoms with Crippen LogP contribution in [0.5, 0.6) is 0 Å². The van der Waals surface area contributed by atoms with Crippen LogP contribution in [0, 0.1) is 5.92 Å². The molecule has 0 aliphatic rings. The van der Waals surface area contributed by atoms with E-state index in [0.29, 0.717) is 6.42 Å². The van der Waals surface area contributed by atoms with Crippen molar-refractivity contribution in [1.82, 2.24) is 5.32 Å². The summed E-state index contributed by atoms with van der Waals surface area (Å²) in [7, 11) is 1.15. The number of amides is 1. The molecule has 2 atom stereocenters. The van der Waals surface area contributed by atoms with Crippen molar-refractivity contribution in [2.24, 2.45) is 11.7 Å². The first kappa shape index (κ1) is 15.4. The summed E-state index contributed by atoms with van der Waals surface area (Å²) in [5.41, 5.74) is 5.36. The minimum atomic E-state index is -1.28. The first-order valence-corrected chi connectivity index (χ1v) is 5.26. The molecule has 17 heavy (non-hydrogen) atoms. The number of methoxy groups -OCH3 is 1. The van der Waals surface area contributed by atoms with Crippen molar-refractivity contribution in [3.8, 4) is 0 Å². The Labute approximate surface area is 99.3 Å². The highest BCUT2D eigenvalue weighted by molar-refractivity contribution is 5.88. The Morgan fingerprint density at radius 2 is 2.00 bits per heavy atom. The van der Waals surface area contributed by atoms with E-state index in [1.807, 2.05) is 0 Å². The molecule has 0 aromatic rings. The Bertz CT molecular complexity index is 288. The van der Waals surface area contributed by atoms with Gasteiger partial charge in [0.15, 0.2) is 0 Å². The van der Waals surface area contributed by atoms with Crippen LogP contribution in [0.15, 0.2) is 0 Å². The van der Waals surface area contributed by atoms with Crippen molar-refractivity contribution in [1.29, 1.82) is 0 Å². The topological polar surface area (TPSA) is 119 Å². The lowest BCUT2D eigenvalue weighted by Crippen LogP contribution is -2.46. The molecule has 0 fully saturated rings. The highest BCUT2D eigenvalue weighted by Gasteiger charge is 2.26. The largest absolute Gasteiger partial charge is 0.480 e. The summed E-state index contributed by atoms with van der Waals surface area (Å²) >= 11 is 0. The number of nitrogens with one attached hydrogen (secondary N) is 1. The van der Waals surface area contributed by atoms with Gasteiger partial charge in [-0.15, -0.1) is 0 Å². The highest BCUT2D eigenvalue weighted by atomic mass is 16.5. The van der Waals surface area contributed by atoms with Gasteiger partial charge in [0.05, 0.1) is 13.5 Å². The Balaban J connectivity index is 4.49. The Morgan fingerprint density at radius 3 is 2.35 bits per heavy atom. The molecule has 0 saturated carbocycles. The fourth-order valence-corrected chi connectivity index (χ4v) is 1.20. The predicted molar refractivity (Wildman–Crippen MR) is 59.0 cm³/mol. The number of carbonyl (C=O) groups is 3. The first-order chi connectivity index (χ1) is 7.96. The summed E-state index contributed by atoms with van der Waals surface area (Å²) in [6.45, 7) is 1.90. The van der Waals surface area contributed by atoms with Crippen LogP contribution in [0.1, 0.15) is 19.8 Å². The number of carbonyl (C=O) groups excluding carboxylic acids is 2. The number of aliphatic carboxylic acids is 1. The molecule has 98 valence electrons. The number of hydrogen-bond acceptors (Lipinski definition) is 5. The van der Waals surface area contributed by atoms with Crippen molar-refractivity contribution >= 4 is 17.8 Å². The standard InChI is InChI=1S/C10H18N2O5/c1-3-6(5-11)9(14)12-7(10(15)16)4-8(13)17-2/h6-7H,3-5,11H2,1-2H3,(H,12,14)(H,15,16)/t6?,7-/m0/s1. The Kier molecular flexibility index (Phi) is 6.88. The molecule has 7 heteroatoms. The van der Waals surface area contributed by atoms with Crippen molar-refractivity contribution < 1.29 is 24.2 Å². The normalized spacial score (nSPS) is 13.6. The zero-order valence-corrected chi connectivity index (χ0v) is 9.93. The zero-order chi connectivity index (χ0) is 13.4. The number of rotatable bonds is 7. The maximum atomic E-state index is 11.6. The second kappa shape index (κ2) is 7.61. The van der Waals surface area contributed by atoms with Crippen molar-refractivity contribution in [2.75, 3.05) is 13.7 Å². The Hall–Kier alpha value is -1.63. The van der Waals surface area contributed by atoms with Gasteiger partial charge in [-0.25, -0.2) is 4.79 Å². The van der Waals surface area contributed by atoms with Crippen molar-refractivity contribution in [3.05, 3.63) is 0 Å². The number of esters is 1. The van der Waals surface area contributed by atoms with Gasteiger partial charge in [-0.3, -0.25) is 9.59 Å². The number of carboxylic acid groups (broad SMARTS) is 1. The molecule has 0 bridgehead atoms. The summed E-state index contributed by atoms with van der Waals surface area (Å²) < 4.78 is 4.35. The van der Waals surface area contributed by atoms with E-state index in [0.717, 1.165) is 7.11 Å². The maximum absolute atomic E-state index is 11.6. The van der Waals surface area contributed by atoms with Gasteiger partial charge < -0.3 is 20.9 Å². The van der Waals surface area contributed by atoms with E-state index in [4.69, 9.17) is 10.8 Å². The third-order valence-corrected chi connectivity index (χ3v) is 2.36. The van der Waals surface area contributed by atoms with Crippen LogP contribution in [0.3, 0.4) is 0 Å². The minimum absolute atomic E-state index is 0.132. The average molecular weight is 246 g/mol. The molecule has 0 saturated heterocycles. The summed E-state index contributed by atoms with van der Waals surface area (Å²) in [5, 5.41) is 11.1. The molecule has 0 aromatic heterocycles. The molecule has 0 heterocycles. The van der Waals surface area contributed by atoms with Gasteiger partial charge in [0.1, 0.15) is 6.04 Å².